The highest BCUT2D eigenvalue weighted by atomic mass is 79.9. The van der Waals surface area contributed by atoms with Gasteiger partial charge in [-0.15, -0.1) is 0 Å². The lowest BCUT2D eigenvalue weighted by atomic mass is 9.88. The van der Waals surface area contributed by atoms with Gasteiger partial charge in [-0.25, -0.2) is 4.39 Å². The second-order valence-electron chi connectivity index (χ2n) is 4.11. The molecule has 0 heterocycles. The van der Waals surface area contributed by atoms with Crippen LogP contribution in [0.25, 0.3) is 0 Å². The number of halogens is 3. The second kappa shape index (κ2) is 5.65. The Morgan fingerprint density at radius 2 is 2.18 bits per heavy atom. The molecular formula is C12H16BrClFNO. The molecular weight excluding hydrogens is 308 g/mol. The predicted octanol–water partition coefficient (Wildman–Crippen LogP) is 4.06. The predicted molar refractivity (Wildman–Crippen MR) is 71.7 cm³/mol. The van der Waals surface area contributed by atoms with Crippen molar-refractivity contribution in [3.8, 4) is 0 Å². The van der Waals surface area contributed by atoms with Gasteiger partial charge in [0.25, 0.3) is 0 Å². The summed E-state index contributed by atoms with van der Waals surface area (Å²) in [7, 11) is 1.57. The Morgan fingerprint density at radius 3 is 2.65 bits per heavy atom. The highest BCUT2D eigenvalue weighted by Crippen LogP contribution is 2.35. The Labute approximate surface area is 114 Å². The van der Waals surface area contributed by atoms with E-state index in [0.717, 1.165) is 0 Å². The maximum absolute atomic E-state index is 14.0. The smallest absolute Gasteiger partial charge is 0.147 e. The molecule has 2 unspecified atom stereocenters. The molecule has 2 atom stereocenters. The van der Waals surface area contributed by atoms with Crippen LogP contribution in [0.15, 0.2) is 16.6 Å². The van der Waals surface area contributed by atoms with Crippen molar-refractivity contribution < 1.29 is 9.13 Å². The SMILES string of the molecule is CCC(C)(OC)C(N)c1ccc(Br)c(Cl)c1F. The van der Waals surface area contributed by atoms with Crippen LogP contribution in [0.2, 0.25) is 5.02 Å². The summed E-state index contributed by atoms with van der Waals surface area (Å²) >= 11 is 9.01. The molecule has 96 valence electrons. The first-order valence-corrected chi connectivity index (χ1v) is 6.48. The van der Waals surface area contributed by atoms with Gasteiger partial charge in [-0.3, -0.25) is 0 Å². The first-order chi connectivity index (χ1) is 7.87. The molecule has 5 heteroatoms. The number of hydrogen-bond acceptors (Lipinski definition) is 2. The lowest BCUT2D eigenvalue weighted by Gasteiger charge is -2.33. The van der Waals surface area contributed by atoms with Gasteiger partial charge in [0.05, 0.1) is 16.7 Å². The van der Waals surface area contributed by atoms with E-state index in [1.807, 2.05) is 13.8 Å². The van der Waals surface area contributed by atoms with E-state index in [1.54, 1.807) is 19.2 Å². The fourth-order valence-electron chi connectivity index (χ4n) is 1.60. The van der Waals surface area contributed by atoms with Gasteiger partial charge in [0.1, 0.15) is 5.82 Å². The van der Waals surface area contributed by atoms with Crippen LogP contribution in [-0.2, 0) is 4.74 Å². The Bertz CT molecular complexity index is 410. The zero-order valence-electron chi connectivity index (χ0n) is 10.1. The maximum atomic E-state index is 14.0. The van der Waals surface area contributed by atoms with Crippen molar-refractivity contribution >= 4 is 27.5 Å². The summed E-state index contributed by atoms with van der Waals surface area (Å²) in [5.74, 6) is -0.495. The normalized spacial score (nSPS) is 16.6. The van der Waals surface area contributed by atoms with Crippen LogP contribution in [0.3, 0.4) is 0 Å². The average Bonchev–Trinajstić information content (AvgIpc) is 2.34. The van der Waals surface area contributed by atoms with Crippen molar-refractivity contribution in [1.82, 2.24) is 0 Å². The minimum Gasteiger partial charge on any atom is -0.377 e. The van der Waals surface area contributed by atoms with Gasteiger partial charge in [-0.1, -0.05) is 24.6 Å². The molecule has 17 heavy (non-hydrogen) atoms. The monoisotopic (exact) mass is 323 g/mol. The van der Waals surface area contributed by atoms with Crippen LogP contribution in [0.1, 0.15) is 31.9 Å². The molecule has 0 aliphatic rings. The van der Waals surface area contributed by atoms with Crippen molar-refractivity contribution in [2.75, 3.05) is 7.11 Å². The molecule has 0 aliphatic heterocycles. The minimum atomic E-state index is -0.613. The van der Waals surface area contributed by atoms with Crippen molar-refractivity contribution in [2.45, 2.75) is 31.9 Å². The van der Waals surface area contributed by atoms with Crippen molar-refractivity contribution in [3.05, 3.63) is 33.0 Å². The topological polar surface area (TPSA) is 35.2 Å². The molecule has 0 spiro atoms. The van der Waals surface area contributed by atoms with Crippen LogP contribution >= 0.6 is 27.5 Å². The first kappa shape index (κ1) is 14.9. The van der Waals surface area contributed by atoms with Crippen molar-refractivity contribution in [1.29, 1.82) is 0 Å². The van der Waals surface area contributed by atoms with E-state index < -0.39 is 17.5 Å². The van der Waals surface area contributed by atoms with Gasteiger partial charge in [0, 0.05) is 17.1 Å². The van der Waals surface area contributed by atoms with Crippen molar-refractivity contribution in [2.24, 2.45) is 5.73 Å². The van der Waals surface area contributed by atoms with E-state index in [2.05, 4.69) is 15.9 Å². The molecule has 0 amide bonds. The summed E-state index contributed by atoms with van der Waals surface area (Å²) in [6.45, 7) is 3.80. The molecule has 0 saturated heterocycles. The zero-order valence-corrected chi connectivity index (χ0v) is 12.4. The molecule has 0 fully saturated rings. The summed E-state index contributed by atoms with van der Waals surface area (Å²) in [5.41, 5.74) is 5.83. The summed E-state index contributed by atoms with van der Waals surface area (Å²) in [5, 5.41) is 0.0486. The standard InChI is InChI=1S/C12H16BrClFNO/c1-4-12(2,17-3)11(16)7-5-6-8(13)9(14)10(7)15/h5-6,11H,4,16H2,1-3H3. The summed E-state index contributed by atoms with van der Waals surface area (Å²) in [4.78, 5) is 0. The molecule has 0 aromatic heterocycles. The lowest BCUT2D eigenvalue weighted by molar-refractivity contribution is -0.0202. The van der Waals surface area contributed by atoms with Gasteiger partial charge in [0.2, 0.25) is 0 Å². The highest BCUT2D eigenvalue weighted by Gasteiger charge is 2.33. The Hall–Kier alpha value is -0.160. The third kappa shape index (κ3) is 2.81. The number of rotatable bonds is 4. The largest absolute Gasteiger partial charge is 0.377 e. The molecule has 0 radical (unpaired) electrons. The maximum Gasteiger partial charge on any atom is 0.147 e. The minimum absolute atomic E-state index is 0.0486. The van der Waals surface area contributed by atoms with Crippen LogP contribution in [0.5, 0.6) is 0 Å². The van der Waals surface area contributed by atoms with Gasteiger partial charge in [-0.2, -0.15) is 0 Å². The molecule has 0 saturated carbocycles. The Kier molecular flexibility index (Phi) is 4.95. The van der Waals surface area contributed by atoms with E-state index in [0.29, 0.717) is 16.5 Å². The fourth-order valence-corrected chi connectivity index (χ4v) is 2.08. The molecule has 0 bridgehead atoms. The first-order valence-electron chi connectivity index (χ1n) is 5.31. The van der Waals surface area contributed by atoms with E-state index in [-0.39, 0.29) is 5.02 Å². The number of methoxy groups -OCH3 is 1. The highest BCUT2D eigenvalue weighted by molar-refractivity contribution is 9.10. The average molecular weight is 325 g/mol. The Balaban J connectivity index is 3.21. The molecule has 2 N–H and O–H groups in total. The van der Waals surface area contributed by atoms with Crippen molar-refractivity contribution in [3.63, 3.8) is 0 Å². The molecule has 1 aromatic rings. The second-order valence-corrected chi connectivity index (χ2v) is 5.34. The zero-order chi connectivity index (χ0) is 13.2. The summed E-state index contributed by atoms with van der Waals surface area (Å²) in [6, 6.07) is 2.75. The Morgan fingerprint density at radius 1 is 1.59 bits per heavy atom. The molecule has 2 nitrogen and oxygen atoms in total. The van der Waals surface area contributed by atoms with Gasteiger partial charge in [-0.05, 0) is 35.3 Å². The van der Waals surface area contributed by atoms with Gasteiger partial charge < -0.3 is 10.5 Å². The molecule has 1 aromatic carbocycles. The van der Waals surface area contributed by atoms with E-state index in [9.17, 15) is 4.39 Å². The van der Waals surface area contributed by atoms with Gasteiger partial charge in [0.15, 0.2) is 0 Å². The third-order valence-corrected chi connectivity index (χ3v) is 4.48. The quantitative estimate of drug-likeness (QED) is 0.848. The molecule has 1 rings (SSSR count). The summed E-state index contributed by atoms with van der Waals surface area (Å²) < 4.78 is 19.9. The number of ether oxygens (including phenoxy) is 1. The van der Waals surface area contributed by atoms with Crippen LogP contribution in [-0.4, -0.2) is 12.7 Å². The third-order valence-electron chi connectivity index (χ3n) is 3.23. The van der Waals surface area contributed by atoms with E-state index in [4.69, 9.17) is 22.1 Å². The number of benzene rings is 1. The van der Waals surface area contributed by atoms with Crippen LogP contribution in [0, 0.1) is 5.82 Å². The van der Waals surface area contributed by atoms with Crippen LogP contribution in [0.4, 0.5) is 4.39 Å². The lowest BCUT2D eigenvalue weighted by Crippen LogP contribution is -2.40. The van der Waals surface area contributed by atoms with Gasteiger partial charge >= 0.3 is 0 Å². The van der Waals surface area contributed by atoms with Crippen LogP contribution < -0.4 is 5.73 Å². The molecule has 0 aliphatic carbocycles. The number of nitrogens with two attached hydrogens (primary N) is 1. The number of hydrogen-bond donors (Lipinski definition) is 1. The van der Waals surface area contributed by atoms with E-state index in [1.165, 1.54) is 0 Å². The fraction of sp³-hybridized carbons (Fsp3) is 0.500. The van der Waals surface area contributed by atoms with E-state index >= 15 is 0 Å². The summed E-state index contributed by atoms with van der Waals surface area (Å²) in [6.07, 6.45) is 0.678.